The number of likely N-dealkylation sites (N-methyl/N-ethyl adjacent to an activating group) is 2. The highest BCUT2D eigenvalue weighted by Gasteiger charge is 2.20. The topological polar surface area (TPSA) is 96.3 Å². The summed E-state index contributed by atoms with van der Waals surface area (Å²) >= 11 is 2.88. The molecule has 11 heteroatoms. The summed E-state index contributed by atoms with van der Waals surface area (Å²) in [6.07, 6.45) is 0. The largest absolute Gasteiger partial charge is 0.507 e. The molecule has 8 nitrogen and oxygen atoms in total. The summed E-state index contributed by atoms with van der Waals surface area (Å²) in [7, 11) is 4.17. The number of anilines is 1. The Morgan fingerprint density at radius 3 is 1.70 bits per heavy atom. The Balaban J connectivity index is 0.000000217. The highest BCUT2D eigenvalue weighted by molar-refractivity contribution is 9.10. The number of rotatable bonds is 3. The van der Waals surface area contributed by atoms with Crippen LogP contribution >= 0.6 is 15.9 Å². The van der Waals surface area contributed by atoms with Crippen LogP contribution in [0.5, 0.6) is 11.5 Å². The molecule has 0 atom stereocenters. The molecule has 0 bridgehead atoms. The first kappa shape index (κ1) is 30.6. The third kappa shape index (κ3) is 9.33. The van der Waals surface area contributed by atoms with Crippen LogP contribution in [0, 0.1) is 11.6 Å². The van der Waals surface area contributed by atoms with Crippen molar-refractivity contribution in [3.8, 4) is 11.5 Å². The van der Waals surface area contributed by atoms with Crippen molar-refractivity contribution in [1.29, 1.82) is 0 Å². The molecule has 0 saturated carbocycles. The first-order valence-corrected chi connectivity index (χ1v) is 12.7. The zero-order chi connectivity index (χ0) is 27.7. The lowest BCUT2D eigenvalue weighted by Gasteiger charge is -2.34. The van der Waals surface area contributed by atoms with Gasteiger partial charge in [0.25, 0.3) is 0 Å². The molecule has 0 unspecified atom stereocenters. The van der Waals surface area contributed by atoms with Crippen LogP contribution in [0.3, 0.4) is 0 Å². The van der Waals surface area contributed by atoms with Gasteiger partial charge in [0.1, 0.15) is 23.1 Å². The number of nitrogens with one attached hydrogen (secondary N) is 1. The fourth-order valence-electron chi connectivity index (χ4n) is 3.72. The molecule has 4 rings (SSSR count). The molecule has 3 N–H and O–H groups in total. The molecule has 2 aromatic carbocycles. The minimum Gasteiger partial charge on any atom is -0.507 e. The minimum absolute atomic E-state index is 0.00398. The van der Waals surface area contributed by atoms with E-state index < -0.39 is 11.6 Å². The van der Waals surface area contributed by atoms with Gasteiger partial charge in [0.2, 0.25) is 0 Å². The second kappa shape index (κ2) is 14.4. The summed E-state index contributed by atoms with van der Waals surface area (Å²) in [4.78, 5) is 28.4. The average molecular weight is 585 g/mol. The molecule has 0 aliphatic carbocycles. The van der Waals surface area contributed by atoms with Crippen LogP contribution in [0.4, 0.5) is 14.5 Å². The van der Waals surface area contributed by atoms with Gasteiger partial charge in [-0.15, -0.1) is 0 Å². The number of aromatic hydroxyl groups is 2. The first-order valence-electron chi connectivity index (χ1n) is 12.0. The standard InChI is InChI=1S/C13H17FN2O2.C8H6BrFO2.C5H12N2/c1-9(17)10-7-11(14)12(8-13(10)18)16-5-3-15(2)4-6-16;1-4(11)5-2-7(10)6(9)3-8(5)12;1-7-4-2-6-3-5-7/h7-8,18H,3-6H2,1-2H3;2-3,12H,1H3;6H,2-5H2,1H3. The van der Waals surface area contributed by atoms with Crippen molar-refractivity contribution in [3.05, 3.63) is 51.5 Å². The molecule has 2 fully saturated rings. The number of carbonyl (C=O) groups excluding carboxylic acids is 2. The van der Waals surface area contributed by atoms with Crippen molar-refractivity contribution in [2.24, 2.45) is 0 Å². The van der Waals surface area contributed by atoms with Crippen molar-refractivity contribution in [2.75, 3.05) is 71.4 Å². The number of benzene rings is 2. The van der Waals surface area contributed by atoms with Gasteiger partial charge in [-0.25, -0.2) is 8.78 Å². The van der Waals surface area contributed by atoms with Crippen LogP contribution < -0.4 is 10.2 Å². The molecule has 0 amide bonds. The van der Waals surface area contributed by atoms with Gasteiger partial charge in [0.05, 0.1) is 21.3 Å². The van der Waals surface area contributed by atoms with E-state index >= 15 is 0 Å². The minimum atomic E-state index is -0.557. The maximum absolute atomic E-state index is 14.0. The van der Waals surface area contributed by atoms with E-state index in [9.17, 15) is 23.5 Å². The van der Waals surface area contributed by atoms with Crippen LogP contribution in [-0.2, 0) is 0 Å². The number of hydrogen-bond acceptors (Lipinski definition) is 8. The summed E-state index contributed by atoms with van der Waals surface area (Å²) in [6, 6.07) is 4.62. The third-order valence-electron chi connectivity index (χ3n) is 6.05. The van der Waals surface area contributed by atoms with Gasteiger partial charge in [-0.3, -0.25) is 9.59 Å². The van der Waals surface area contributed by atoms with Crippen molar-refractivity contribution in [3.63, 3.8) is 0 Å². The van der Waals surface area contributed by atoms with Crippen molar-refractivity contribution in [1.82, 2.24) is 15.1 Å². The molecule has 2 aliphatic rings. The van der Waals surface area contributed by atoms with Crippen molar-refractivity contribution >= 4 is 33.2 Å². The maximum atomic E-state index is 14.0. The molecule has 0 spiro atoms. The van der Waals surface area contributed by atoms with E-state index in [0.29, 0.717) is 18.8 Å². The van der Waals surface area contributed by atoms with Crippen LogP contribution in [0.25, 0.3) is 0 Å². The Hall–Kier alpha value is -2.60. The maximum Gasteiger partial charge on any atom is 0.163 e. The lowest BCUT2D eigenvalue weighted by atomic mass is 10.1. The molecule has 0 aromatic heterocycles. The van der Waals surface area contributed by atoms with Crippen molar-refractivity contribution < 1.29 is 28.6 Å². The number of halogens is 3. The predicted octanol–water partition coefficient (Wildman–Crippen LogP) is 3.50. The average Bonchev–Trinajstić information content (AvgIpc) is 2.84. The quantitative estimate of drug-likeness (QED) is 0.472. The van der Waals surface area contributed by atoms with E-state index in [2.05, 4.69) is 38.1 Å². The number of carbonyl (C=O) groups is 2. The SMILES string of the molecule is CC(=O)c1cc(F)c(Br)cc1O.CC(=O)c1cc(F)c(N2CCN(C)CC2)cc1O.CN1CCNCC1. The lowest BCUT2D eigenvalue weighted by Crippen LogP contribution is -2.44. The number of ketones is 2. The van der Waals surface area contributed by atoms with E-state index in [0.717, 1.165) is 44.4 Å². The number of nitrogens with zero attached hydrogens (tertiary/aromatic N) is 3. The third-order valence-corrected chi connectivity index (χ3v) is 6.65. The fraction of sp³-hybridized carbons (Fsp3) is 0.462. The number of phenols is 2. The Morgan fingerprint density at radius 1 is 0.784 bits per heavy atom. The Labute approximate surface area is 225 Å². The van der Waals surface area contributed by atoms with E-state index in [-0.39, 0.29) is 38.7 Å². The van der Waals surface area contributed by atoms with Gasteiger partial charge in [0.15, 0.2) is 11.6 Å². The number of Topliss-reactive ketones (excluding diaryl/α,β-unsaturated/α-hetero) is 2. The van der Waals surface area contributed by atoms with Crippen LogP contribution in [-0.4, -0.2) is 98.0 Å². The smallest absolute Gasteiger partial charge is 0.163 e. The Bertz CT molecular complexity index is 1090. The monoisotopic (exact) mass is 584 g/mol. The van der Waals surface area contributed by atoms with Gasteiger partial charge in [0, 0.05) is 58.4 Å². The normalized spacial score (nSPS) is 16.2. The molecule has 2 saturated heterocycles. The van der Waals surface area contributed by atoms with E-state index in [1.54, 1.807) is 0 Å². The van der Waals surface area contributed by atoms with Crippen LogP contribution in [0.15, 0.2) is 28.7 Å². The predicted molar refractivity (Wildman–Crippen MR) is 144 cm³/mol. The summed E-state index contributed by atoms with van der Waals surface area (Å²) in [5.74, 6) is -2.08. The number of hydrogen-bond donors (Lipinski definition) is 3. The molecule has 37 heavy (non-hydrogen) atoms. The molecule has 2 heterocycles. The fourth-order valence-corrected chi connectivity index (χ4v) is 4.05. The highest BCUT2D eigenvalue weighted by atomic mass is 79.9. The summed E-state index contributed by atoms with van der Waals surface area (Å²) in [5, 5.41) is 22.2. The van der Waals surface area contributed by atoms with E-state index in [1.165, 1.54) is 33.0 Å². The van der Waals surface area contributed by atoms with E-state index in [1.807, 2.05) is 11.9 Å². The van der Waals surface area contributed by atoms with Gasteiger partial charge < -0.3 is 30.2 Å². The highest BCUT2D eigenvalue weighted by Crippen LogP contribution is 2.29. The molecule has 2 aliphatic heterocycles. The Kier molecular flexibility index (Phi) is 11.9. The molecule has 0 radical (unpaired) electrons. The lowest BCUT2D eigenvalue weighted by molar-refractivity contribution is 0.100. The number of phenolic OH excluding ortho intramolecular Hbond substituents is 2. The van der Waals surface area contributed by atoms with Crippen molar-refractivity contribution in [2.45, 2.75) is 13.8 Å². The second-order valence-corrected chi connectivity index (χ2v) is 9.91. The molecular formula is C26H35BrF2N4O4. The van der Waals surface area contributed by atoms with Gasteiger partial charge >= 0.3 is 0 Å². The number of piperazine rings is 2. The van der Waals surface area contributed by atoms with Gasteiger partial charge in [-0.2, -0.15) is 0 Å². The molecule has 2 aromatic rings. The van der Waals surface area contributed by atoms with Gasteiger partial charge in [-0.1, -0.05) is 0 Å². The van der Waals surface area contributed by atoms with E-state index in [4.69, 9.17) is 5.11 Å². The summed E-state index contributed by atoms with van der Waals surface area (Å²) in [6.45, 7) is 10.5. The molecular weight excluding hydrogens is 550 g/mol. The Morgan fingerprint density at radius 2 is 1.24 bits per heavy atom. The summed E-state index contributed by atoms with van der Waals surface area (Å²) < 4.78 is 26.9. The second-order valence-electron chi connectivity index (χ2n) is 9.06. The first-order chi connectivity index (χ1) is 17.4. The van der Waals surface area contributed by atoms with Crippen LogP contribution in [0.2, 0.25) is 0 Å². The van der Waals surface area contributed by atoms with Crippen LogP contribution in [0.1, 0.15) is 34.6 Å². The summed E-state index contributed by atoms with van der Waals surface area (Å²) in [5.41, 5.74) is 0.395. The molecule has 204 valence electrons. The zero-order valence-electron chi connectivity index (χ0n) is 21.7. The zero-order valence-corrected chi connectivity index (χ0v) is 23.2. The van der Waals surface area contributed by atoms with Gasteiger partial charge in [-0.05, 0) is 62.1 Å².